The van der Waals surface area contributed by atoms with Gasteiger partial charge in [0.25, 0.3) is 0 Å². The Morgan fingerprint density at radius 1 is 1.00 bits per heavy atom. The monoisotopic (exact) mass is 375 g/mol. The molecule has 0 aliphatic heterocycles. The lowest BCUT2D eigenvalue weighted by atomic mass is 10.0. The maximum absolute atomic E-state index is 12.7. The summed E-state index contributed by atoms with van der Waals surface area (Å²) < 4.78 is 7.50. The highest BCUT2D eigenvalue weighted by molar-refractivity contribution is 6.01. The van der Waals surface area contributed by atoms with Crippen LogP contribution in [0.5, 0.6) is 0 Å². The molecule has 1 heterocycles. The first-order chi connectivity index (χ1) is 13.4. The average Bonchev–Trinajstić information content (AvgIpc) is 3.02. The molecule has 28 heavy (non-hydrogen) atoms. The zero-order valence-electron chi connectivity index (χ0n) is 16.7. The molecule has 0 bridgehead atoms. The molecule has 144 valence electrons. The smallest absolute Gasteiger partial charge is 0.340 e. The zero-order chi connectivity index (χ0) is 20.3. The Balaban J connectivity index is 1.78. The van der Waals surface area contributed by atoms with Gasteiger partial charge in [-0.15, -0.1) is 0 Å². The van der Waals surface area contributed by atoms with E-state index in [1.54, 1.807) is 25.1 Å². The van der Waals surface area contributed by atoms with Crippen LogP contribution < -0.4 is 0 Å². The minimum Gasteiger partial charge on any atom is -0.451 e. The zero-order valence-corrected chi connectivity index (χ0v) is 16.7. The van der Waals surface area contributed by atoms with E-state index in [2.05, 4.69) is 6.92 Å². The molecule has 0 amide bonds. The summed E-state index contributed by atoms with van der Waals surface area (Å²) in [6, 6.07) is 19.1. The maximum Gasteiger partial charge on any atom is 0.340 e. The van der Waals surface area contributed by atoms with E-state index in [1.165, 1.54) is 0 Å². The third-order valence-corrected chi connectivity index (χ3v) is 4.97. The van der Waals surface area contributed by atoms with E-state index < -0.39 is 12.1 Å². The summed E-state index contributed by atoms with van der Waals surface area (Å²) >= 11 is 0. The summed E-state index contributed by atoms with van der Waals surface area (Å²) in [6.07, 6.45) is 0.0653. The first-order valence-electron chi connectivity index (χ1n) is 9.50. The number of rotatable bonds is 6. The van der Waals surface area contributed by atoms with Gasteiger partial charge in [0.1, 0.15) is 0 Å². The number of esters is 1. The van der Waals surface area contributed by atoms with Crippen LogP contribution in [0.15, 0.2) is 60.7 Å². The fraction of sp³-hybridized carbons (Fsp3) is 0.250. The molecule has 4 heteroatoms. The van der Waals surface area contributed by atoms with Crippen LogP contribution in [0.4, 0.5) is 0 Å². The Labute approximate surface area is 165 Å². The van der Waals surface area contributed by atoms with E-state index in [0.717, 1.165) is 29.1 Å². The minimum absolute atomic E-state index is 0.201. The molecule has 0 fully saturated rings. The van der Waals surface area contributed by atoms with E-state index in [9.17, 15) is 9.59 Å². The van der Waals surface area contributed by atoms with Crippen molar-refractivity contribution in [2.24, 2.45) is 0 Å². The van der Waals surface area contributed by atoms with E-state index in [0.29, 0.717) is 11.1 Å². The van der Waals surface area contributed by atoms with Gasteiger partial charge in [0.15, 0.2) is 6.10 Å². The third kappa shape index (κ3) is 3.91. The summed E-state index contributed by atoms with van der Waals surface area (Å²) in [4.78, 5) is 25.3. The molecule has 1 atom stereocenters. The Morgan fingerprint density at radius 2 is 1.64 bits per heavy atom. The lowest BCUT2D eigenvalue weighted by Gasteiger charge is -2.13. The molecular formula is C24H25NO3. The minimum atomic E-state index is -0.847. The summed E-state index contributed by atoms with van der Waals surface area (Å²) in [6.45, 7) is 7.50. The number of aryl methyl sites for hydroxylation is 2. The maximum atomic E-state index is 12.7. The van der Waals surface area contributed by atoms with Crippen molar-refractivity contribution in [3.05, 3.63) is 88.7 Å². The number of carbonyl (C=O) groups excluding carboxylic acids is 2. The van der Waals surface area contributed by atoms with Gasteiger partial charge in [-0.3, -0.25) is 4.79 Å². The number of benzene rings is 2. The van der Waals surface area contributed by atoms with Gasteiger partial charge < -0.3 is 9.30 Å². The summed E-state index contributed by atoms with van der Waals surface area (Å²) in [5.41, 5.74) is 4.89. The predicted octanol–water partition coefficient (Wildman–Crippen LogP) is 5.08. The Hall–Kier alpha value is -3.14. The molecule has 3 aromatic rings. The van der Waals surface area contributed by atoms with Crippen LogP contribution in [0.3, 0.4) is 0 Å². The van der Waals surface area contributed by atoms with Crippen LogP contribution in [0.1, 0.15) is 51.5 Å². The summed E-state index contributed by atoms with van der Waals surface area (Å²) in [5, 5.41) is 0. The van der Waals surface area contributed by atoms with E-state index in [-0.39, 0.29) is 5.78 Å². The normalized spacial score (nSPS) is 11.9. The number of hydrogen-bond donors (Lipinski definition) is 0. The number of nitrogens with zero attached hydrogens (tertiary/aromatic N) is 1. The quantitative estimate of drug-likeness (QED) is 0.446. The molecule has 0 saturated heterocycles. The Morgan fingerprint density at radius 3 is 2.25 bits per heavy atom. The number of carbonyl (C=O) groups is 2. The van der Waals surface area contributed by atoms with Gasteiger partial charge >= 0.3 is 5.97 Å². The lowest BCUT2D eigenvalue weighted by molar-refractivity contribution is 0.0318. The molecule has 1 unspecified atom stereocenters. The van der Waals surface area contributed by atoms with Crippen molar-refractivity contribution >= 4 is 11.8 Å². The number of aromatic nitrogens is 1. The number of para-hydroxylation sites is 1. The van der Waals surface area contributed by atoms with Crippen LogP contribution in [0, 0.1) is 13.8 Å². The Bertz CT molecular complexity index is 985. The molecule has 2 aromatic carbocycles. The van der Waals surface area contributed by atoms with Crippen molar-refractivity contribution in [3.8, 4) is 5.69 Å². The first kappa shape index (κ1) is 19.6. The van der Waals surface area contributed by atoms with E-state index in [4.69, 9.17) is 4.74 Å². The second-order valence-electron chi connectivity index (χ2n) is 6.92. The highest BCUT2D eigenvalue weighted by atomic mass is 16.5. The van der Waals surface area contributed by atoms with Crippen LogP contribution in [-0.4, -0.2) is 22.4 Å². The highest BCUT2D eigenvalue weighted by Crippen LogP contribution is 2.22. The van der Waals surface area contributed by atoms with Gasteiger partial charge in [0, 0.05) is 22.6 Å². The predicted molar refractivity (Wildman–Crippen MR) is 110 cm³/mol. The van der Waals surface area contributed by atoms with Crippen LogP contribution >= 0.6 is 0 Å². The number of ether oxygens (including phenoxy) is 1. The fourth-order valence-corrected chi connectivity index (χ4v) is 3.36. The molecule has 0 radical (unpaired) electrons. The van der Waals surface area contributed by atoms with Gasteiger partial charge in [-0.25, -0.2) is 4.79 Å². The van der Waals surface area contributed by atoms with Gasteiger partial charge in [-0.05, 0) is 51.0 Å². The molecule has 0 spiro atoms. The van der Waals surface area contributed by atoms with Crippen molar-refractivity contribution < 1.29 is 14.3 Å². The van der Waals surface area contributed by atoms with Crippen molar-refractivity contribution in [1.82, 2.24) is 4.57 Å². The summed E-state index contributed by atoms with van der Waals surface area (Å²) in [7, 11) is 0. The van der Waals surface area contributed by atoms with Gasteiger partial charge in [0.2, 0.25) is 5.78 Å². The number of Topliss-reactive ketones (excluding diaryl/α,β-unsaturated/α-hetero) is 1. The van der Waals surface area contributed by atoms with Crippen molar-refractivity contribution in [2.75, 3.05) is 0 Å². The fourth-order valence-electron chi connectivity index (χ4n) is 3.36. The number of hydrogen-bond acceptors (Lipinski definition) is 3. The summed E-state index contributed by atoms with van der Waals surface area (Å²) in [5.74, 6) is -0.686. The van der Waals surface area contributed by atoms with Gasteiger partial charge in [-0.2, -0.15) is 0 Å². The van der Waals surface area contributed by atoms with Gasteiger partial charge in [0.05, 0.1) is 5.56 Å². The molecule has 0 aliphatic rings. The van der Waals surface area contributed by atoms with Crippen molar-refractivity contribution in [1.29, 1.82) is 0 Å². The highest BCUT2D eigenvalue weighted by Gasteiger charge is 2.23. The largest absolute Gasteiger partial charge is 0.451 e. The molecule has 4 nitrogen and oxygen atoms in total. The average molecular weight is 375 g/mol. The van der Waals surface area contributed by atoms with Crippen molar-refractivity contribution in [2.45, 2.75) is 40.2 Å². The number of ketones is 1. The molecule has 0 aliphatic carbocycles. The van der Waals surface area contributed by atoms with Crippen LogP contribution in [-0.2, 0) is 11.2 Å². The second-order valence-corrected chi connectivity index (χ2v) is 6.92. The lowest BCUT2D eigenvalue weighted by Crippen LogP contribution is -2.24. The van der Waals surface area contributed by atoms with Crippen LogP contribution in [0.25, 0.3) is 5.69 Å². The molecule has 1 aromatic heterocycles. The standard InChI is InChI=1S/C24H25NO3/c1-5-19-11-13-20(14-12-19)23(26)18(4)28-24(27)22-15-16(2)25(17(22)3)21-9-7-6-8-10-21/h6-15,18H,5H2,1-4H3. The SMILES string of the molecule is CCc1ccc(C(=O)C(C)OC(=O)c2cc(C)n(-c3ccccc3)c2C)cc1. The Kier molecular flexibility index (Phi) is 5.78. The van der Waals surface area contributed by atoms with Crippen LogP contribution in [0.2, 0.25) is 0 Å². The molecular weight excluding hydrogens is 350 g/mol. The first-order valence-corrected chi connectivity index (χ1v) is 9.50. The molecule has 3 rings (SSSR count). The second kappa shape index (κ2) is 8.26. The molecule has 0 N–H and O–H groups in total. The molecule has 0 saturated carbocycles. The van der Waals surface area contributed by atoms with Crippen molar-refractivity contribution in [3.63, 3.8) is 0 Å². The third-order valence-electron chi connectivity index (χ3n) is 4.97. The van der Waals surface area contributed by atoms with Gasteiger partial charge in [-0.1, -0.05) is 49.4 Å². The topological polar surface area (TPSA) is 48.3 Å². The van der Waals surface area contributed by atoms with E-state index in [1.807, 2.05) is 60.9 Å². The van der Waals surface area contributed by atoms with E-state index >= 15 is 0 Å².